The van der Waals surface area contributed by atoms with E-state index in [-0.39, 0.29) is 11.9 Å². The van der Waals surface area contributed by atoms with Gasteiger partial charge in [0.15, 0.2) is 11.5 Å². The SMILES string of the molecule is O=C(O)C(F)(F)F.O=C(O)C(F)(F)F.O=C1OCC(C2CCNCC2)N1c1ccn2ncc(-c3ccc(-c4nc[nH]n4)c(F)c3)c2n1. The maximum Gasteiger partial charge on any atom is 0.490 e. The monoisotopic (exact) mass is 676 g/mol. The number of cyclic esters (lactones) is 1. The topological polar surface area (TPSA) is 188 Å². The summed E-state index contributed by atoms with van der Waals surface area (Å²) in [6, 6.07) is 6.53. The first-order valence-electron chi connectivity index (χ1n) is 13.3. The number of carbonyl (C=O) groups excluding carboxylic acids is 1. The van der Waals surface area contributed by atoms with Crippen molar-refractivity contribution < 1.29 is 60.1 Å². The summed E-state index contributed by atoms with van der Waals surface area (Å²) in [5, 5.41) is 28.5. The van der Waals surface area contributed by atoms with Crippen LogP contribution in [0.25, 0.3) is 28.2 Å². The van der Waals surface area contributed by atoms with Crippen LogP contribution in [0.3, 0.4) is 0 Å². The standard InChI is InChI=1S/C22H21FN8O2.2C2HF3O2/c23-17-9-14(1-2-15(17)20-25-12-26-29-20)16-10-27-30-8-5-19(28-21(16)30)31-18(11-33-22(31)32)13-3-6-24-7-4-13;2*3-2(4,5)1(6)7/h1-2,5,8-10,12-13,18,24H,3-4,6-7,11H2,(H,25,26,29);2*(H,6,7). The van der Waals surface area contributed by atoms with Gasteiger partial charge < -0.3 is 20.3 Å². The van der Waals surface area contributed by atoms with Crippen LogP contribution in [0.1, 0.15) is 12.8 Å². The van der Waals surface area contributed by atoms with E-state index < -0.39 is 36.2 Å². The number of carboxylic acids is 2. The number of amides is 1. The number of hydrogen-bond donors (Lipinski definition) is 4. The average molecular weight is 677 g/mol. The van der Waals surface area contributed by atoms with E-state index in [1.54, 1.807) is 40.0 Å². The first kappa shape index (κ1) is 34.5. The number of nitrogens with one attached hydrogen (secondary N) is 2. The third-order valence-corrected chi connectivity index (χ3v) is 6.86. The molecule has 0 saturated carbocycles. The van der Waals surface area contributed by atoms with Crippen molar-refractivity contribution in [2.24, 2.45) is 5.92 Å². The van der Waals surface area contributed by atoms with Gasteiger partial charge in [0.1, 0.15) is 24.6 Å². The number of hydrogen-bond acceptors (Lipinski definition) is 9. The molecule has 14 nitrogen and oxygen atoms in total. The van der Waals surface area contributed by atoms with Gasteiger partial charge in [0.05, 0.1) is 17.8 Å². The van der Waals surface area contributed by atoms with Crippen LogP contribution in [0.2, 0.25) is 0 Å². The van der Waals surface area contributed by atoms with Gasteiger partial charge in [-0.15, -0.1) is 0 Å². The molecule has 1 atom stereocenters. The van der Waals surface area contributed by atoms with Gasteiger partial charge in [-0.25, -0.2) is 33.3 Å². The molecule has 21 heteroatoms. The Balaban J connectivity index is 0.000000301. The van der Waals surface area contributed by atoms with Crippen LogP contribution in [-0.2, 0) is 14.3 Å². The number of anilines is 1. The van der Waals surface area contributed by atoms with E-state index in [1.807, 2.05) is 0 Å². The molecule has 2 fully saturated rings. The zero-order valence-corrected chi connectivity index (χ0v) is 23.6. The van der Waals surface area contributed by atoms with Gasteiger partial charge in [0.2, 0.25) is 0 Å². The third-order valence-electron chi connectivity index (χ3n) is 6.86. The van der Waals surface area contributed by atoms with Gasteiger partial charge in [0, 0.05) is 11.8 Å². The van der Waals surface area contributed by atoms with Crippen LogP contribution >= 0.6 is 0 Å². The number of H-pyrrole nitrogens is 1. The molecule has 1 amide bonds. The predicted molar refractivity (Wildman–Crippen MR) is 144 cm³/mol. The number of carboxylic acid groups (broad SMARTS) is 2. The molecule has 0 spiro atoms. The van der Waals surface area contributed by atoms with Crippen LogP contribution in [-0.4, -0.2) is 96.1 Å². The number of alkyl halides is 6. The molecule has 0 radical (unpaired) electrons. The number of halogens is 7. The van der Waals surface area contributed by atoms with Gasteiger partial charge in [-0.2, -0.15) is 36.5 Å². The maximum absolute atomic E-state index is 14.8. The number of rotatable bonds is 4. The van der Waals surface area contributed by atoms with Crippen molar-refractivity contribution in [3.05, 3.63) is 48.8 Å². The van der Waals surface area contributed by atoms with Crippen molar-refractivity contribution in [3.8, 4) is 22.5 Å². The fourth-order valence-electron chi connectivity index (χ4n) is 4.68. The lowest BCUT2D eigenvalue weighted by atomic mass is 9.90. The van der Waals surface area contributed by atoms with Crippen LogP contribution < -0.4 is 10.2 Å². The second-order valence-electron chi connectivity index (χ2n) is 9.84. The van der Waals surface area contributed by atoms with Gasteiger partial charge >= 0.3 is 30.4 Å². The Hall–Kier alpha value is -5.34. The molecular weight excluding hydrogens is 653 g/mol. The molecule has 0 aliphatic carbocycles. The molecule has 1 aromatic carbocycles. The van der Waals surface area contributed by atoms with E-state index in [2.05, 4.69) is 25.6 Å². The normalized spacial score (nSPS) is 17.0. The maximum atomic E-state index is 14.8. The molecule has 2 saturated heterocycles. The summed E-state index contributed by atoms with van der Waals surface area (Å²) in [6.45, 7) is 2.21. The number of ether oxygens (including phenoxy) is 1. The minimum atomic E-state index is -5.08. The number of nitrogens with zero attached hydrogens (tertiary/aromatic N) is 6. The minimum absolute atomic E-state index is 0.0565. The number of aromatic nitrogens is 6. The number of aromatic amines is 1. The molecule has 252 valence electrons. The first-order chi connectivity index (χ1) is 22.1. The van der Waals surface area contributed by atoms with Crippen molar-refractivity contribution in [2.45, 2.75) is 31.2 Å². The summed E-state index contributed by atoms with van der Waals surface area (Å²) in [7, 11) is 0. The van der Waals surface area contributed by atoms with Gasteiger partial charge in [-0.05, 0) is 55.6 Å². The van der Waals surface area contributed by atoms with Crippen LogP contribution in [0.5, 0.6) is 0 Å². The van der Waals surface area contributed by atoms with Crippen LogP contribution in [0.4, 0.5) is 41.3 Å². The molecule has 3 aromatic heterocycles. The van der Waals surface area contributed by atoms with Crippen molar-refractivity contribution in [2.75, 3.05) is 24.6 Å². The summed E-state index contributed by atoms with van der Waals surface area (Å²) in [5.74, 6) is -4.82. The zero-order chi connectivity index (χ0) is 34.5. The quantitative estimate of drug-likeness (QED) is 0.230. The van der Waals surface area contributed by atoms with Crippen molar-refractivity contribution in [3.63, 3.8) is 0 Å². The summed E-state index contributed by atoms with van der Waals surface area (Å²) in [4.78, 5) is 40.8. The summed E-state index contributed by atoms with van der Waals surface area (Å²) in [6.07, 6.45) is -3.80. The highest BCUT2D eigenvalue weighted by molar-refractivity contribution is 5.90. The van der Waals surface area contributed by atoms with Gasteiger partial charge in [-0.3, -0.25) is 10.00 Å². The van der Waals surface area contributed by atoms with Gasteiger partial charge in [0.25, 0.3) is 0 Å². The van der Waals surface area contributed by atoms with E-state index in [4.69, 9.17) is 29.5 Å². The largest absolute Gasteiger partial charge is 0.490 e. The van der Waals surface area contributed by atoms with Crippen LogP contribution in [0, 0.1) is 11.7 Å². The smallest absolute Gasteiger partial charge is 0.475 e. The molecule has 1 unspecified atom stereocenters. The lowest BCUT2D eigenvalue weighted by Crippen LogP contribution is -2.44. The minimum Gasteiger partial charge on any atom is -0.475 e. The Morgan fingerprint density at radius 3 is 2.17 bits per heavy atom. The second kappa shape index (κ2) is 14.0. The summed E-state index contributed by atoms with van der Waals surface area (Å²) >= 11 is 0. The Bertz CT molecular complexity index is 1700. The van der Waals surface area contributed by atoms with Crippen molar-refractivity contribution >= 4 is 29.5 Å². The molecule has 5 heterocycles. The lowest BCUT2D eigenvalue weighted by molar-refractivity contribution is -0.193. The predicted octanol–water partition coefficient (Wildman–Crippen LogP) is 3.91. The van der Waals surface area contributed by atoms with E-state index in [0.717, 1.165) is 25.9 Å². The number of carbonyl (C=O) groups is 3. The van der Waals surface area contributed by atoms with E-state index in [9.17, 15) is 35.5 Å². The number of piperidine rings is 1. The highest BCUT2D eigenvalue weighted by Gasteiger charge is 2.41. The third kappa shape index (κ3) is 8.28. The number of benzene rings is 1. The Morgan fingerprint density at radius 2 is 1.62 bits per heavy atom. The second-order valence-corrected chi connectivity index (χ2v) is 9.84. The molecule has 2 aliphatic rings. The highest BCUT2D eigenvalue weighted by Crippen LogP contribution is 2.33. The Labute approximate surface area is 258 Å². The molecule has 0 bridgehead atoms. The molecule has 4 N–H and O–H groups in total. The van der Waals surface area contributed by atoms with Crippen molar-refractivity contribution in [1.29, 1.82) is 0 Å². The molecule has 2 aliphatic heterocycles. The fraction of sp³-hybridized carbons (Fsp3) is 0.346. The van der Waals surface area contributed by atoms with E-state index >= 15 is 0 Å². The first-order valence-corrected chi connectivity index (χ1v) is 13.3. The molecule has 47 heavy (non-hydrogen) atoms. The Morgan fingerprint density at radius 1 is 0.979 bits per heavy atom. The van der Waals surface area contributed by atoms with E-state index in [1.165, 1.54) is 12.4 Å². The fourth-order valence-corrected chi connectivity index (χ4v) is 4.68. The molecule has 6 rings (SSSR count). The summed E-state index contributed by atoms with van der Waals surface area (Å²) in [5.41, 5.74) is 2.10. The zero-order valence-electron chi connectivity index (χ0n) is 23.6. The number of aliphatic carboxylic acids is 2. The van der Waals surface area contributed by atoms with Gasteiger partial charge in [-0.1, -0.05) is 6.07 Å². The Kier molecular flexibility index (Phi) is 10.3. The highest BCUT2D eigenvalue weighted by atomic mass is 19.4. The lowest BCUT2D eigenvalue weighted by Gasteiger charge is -2.31. The number of fused-ring (bicyclic) bond motifs is 1. The average Bonchev–Trinajstić information content (AvgIpc) is 3.77. The van der Waals surface area contributed by atoms with E-state index in [0.29, 0.717) is 40.7 Å². The summed E-state index contributed by atoms with van der Waals surface area (Å²) < 4.78 is 85.3. The molecular formula is C26H23F7N8O6. The molecule has 4 aromatic rings. The van der Waals surface area contributed by atoms with Crippen molar-refractivity contribution in [1.82, 2.24) is 35.1 Å². The van der Waals surface area contributed by atoms with Crippen LogP contribution in [0.15, 0.2) is 43.0 Å².